The summed E-state index contributed by atoms with van der Waals surface area (Å²) in [5.41, 5.74) is 8.58. The third-order valence-electron chi connectivity index (χ3n) is 3.63. The maximum atomic E-state index is 11.9. The van der Waals surface area contributed by atoms with E-state index in [0.717, 1.165) is 11.3 Å². The molecule has 0 amide bonds. The number of benzene rings is 2. The number of para-hydroxylation sites is 1. The maximum Gasteiger partial charge on any atom is 0.310 e. The first-order chi connectivity index (χ1) is 10.2. The van der Waals surface area contributed by atoms with Crippen LogP contribution in [0.4, 0.5) is 5.69 Å². The van der Waals surface area contributed by atoms with Gasteiger partial charge in [-0.15, -0.1) is 11.8 Å². The van der Waals surface area contributed by atoms with Crippen LogP contribution in [0.2, 0.25) is 0 Å². The molecular formula is C17H17NO2S. The van der Waals surface area contributed by atoms with E-state index in [2.05, 4.69) is 12.1 Å². The Morgan fingerprint density at radius 1 is 1.19 bits per heavy atom. The lowest BCUT2D eigenvalue weighted by Gasteiger charge is -2.12. The van der Waals surface area contributed by atoms with Crippen LogP contribution in [0.5, 0.6) is 0 Å². The summed E-state index contributed by atoms with van der Waals surface area (Å²) in [6.07, 6.45) is 0.230. The number of nitrogen functional groups attached to an aromatic ring is 1. The first-order valence-corrected chi connectivity index (χ1v) is 7.93. The highest BCUT2D eigenvalue weighted by Gasteiger charge is 2.24. The molecule has 0 saturated heterocycles. The molecule has 3 rings (SSSR count). The van der Waals surface area contributed by atoms with Gasteiger partial charge in [-0.2, -0.15) is 0 Å². The number of fused-ring (bicyclic) bond motifs is 1. The van der Waals surface area contributed by atoms with E-state index in [1.54, 1.807) is 6.07 Å². The molecule has 3 nitrogen and oxygen atoms in total. The third-order valence-corrected chi connectivity index (χ3v) is 4.89. The predicted octanol–water partition coefficient (Wildman–Crippen LogP) is 3.24. The van der Waals surface area contributed by atoms with Gasteiger partial charge in [0, 0.05) is 22.3 Å². The van der Waals surface area contributed by atoms with Gasteiger partial charge in [-0.05, 0) is 23.3 Å². The van der Waals surface area contributed by atoms with Gasteiger partial charge in [0.2, 0.25) is 0 Å². The zero-order chi connectivity index (χ0) is 14.7. The fourth-order valence-electron chi connectivity index (χ4n) is 2.46. The van der Waals surface area contributed by atoms with Crippen LogP contribution in [-0.4, -0.2) is 18.3 Å². The number of rotatable bonds is 4. The summed E-state index contributed by atoms with van der Waals surface area (Å²) in [6.45, 7) is 0.440. The van der Waals surface area contributed by atoms with E-state index in [-0.39, 0.29) is 12.4 Å². The summed E-state index contributed by atoms with van der Waals surface area (Å²) < 4.78 is 5.43. The molecule has 0 spiro atoms. The van der Waals surface area contributed by atoms with Crippen molar-refractivity contribution in [1.29, 1.82) is 0 Å². The highest BCUT2D eigenvalue weighted by molar-refractivity contribution is 7.99. The zero-order valence-electron chi connectivity index (χ0n) is 11.6. The molecule has 4 heteroatoms. The van der Waals surface area contributed by atoms with Gasteiger partial charge in [-0.25, -0.2) is 0 Å². The highest BCUT2D eigenvalue weighted by Crippen LogP contribution is 2.39. The molecule has 1 atom stereocenters. The van der Waals surface area contributed by atoms with Gasteiger partial charge in [-0.1, -0.05) is 36.4 Å². The Balaban J connectivity index is 1.57. The minimum absolute atomic E-state index is 0.220. The fraction of sp³-hybridized carbons (Fsp3) is 0.235. The predicted molar refractivity (Wildman–Crippen MR) is 85.4 cm³/mol. The van der Waals surface area contributed by atoms with Crippen LogP contribution in [0.1, 0.15) is 17.0 Å². The Hall–Kier alpha value is -1.94. The summed E-state index contributed by atoms with van der Waals surface area (Å²) in [7, 11) is 0. The minimum Gasteiger partial charge on any atom is -0.465 e. The number of ether oxygens (including phenoxy) is 1. The molecule has 21 heavy (non-hydrogen) atoms. The molecule has 0 fully saturated rings. The Bertz CT molecular complexity index is 657. The number of thioether (sulfide) groups is 1. The molecular weight excluding hydrogens is 282 g/mol. The molecule has 0 aliphatic carbocycles. The average molecular weight is 299 g/mol. The zero-order valence-corrected chi connectivity index (χ0v) is 12.4. The van der Waals surface area contributed by atoms with Gasteiger partial charge in [-0.3, -0.25) is 4.79 Å². The summed E-state index contributed by atoms with van der Waals surface area (Å²) in [6, 6.07) is 15.7. The highest BCUT2D eigenvalue weighted by atomic mass is 32.2. The number of nitrogens with two attached hydrogens (primary N) is 1. The number of hydrogen-bond donors (Lipinski definition) is 1. The summed E-state index contributed by atoms with van der Waals surface area (Å²) in [5, 5.41) is 0. The van der Waals surface area contributed by atoms with Crippen molar-refractivity contribution < 1.29 is 9.53 Å². The summed E-state index contributed by atoms with van der Waals surface area (Å²) in [4.78, 5) is 13.2. The van der Waals surface area contributed by atoms with Crippen molar-refractivity contribution in [2.45, 2.75) is 17.2 Å². The Morgan fingerprint density at radius 2 is 1.95 bits per heavy atom. The first-order valence-electron chi connectivity index (χ1n) is 6.95. The molecule has 2 aromatic rings. The van der Waals surface area contributed by atoms with Crippen molar-refractivity contribution in [3.8, 4) is 0 Å². The molecule has 2 aromatic carbocycles. The van der Waals surface area contributed by atoms with Crippen LogP contribution in [0, 0.1) is 0 Å². The van der Waals surface area contributed by atoms with Crippen LogP contribution in [0.25, 0.3) is 0 Å². The van der Waals surface area contributed by atoms with E-state index in [4.69, 9.17) is 10.5 Å². The SMILES string of the molecule is Nc1ccccc1CC(=O)OCC1CSc2ccccc21. The smallest absolute Gasteiger partial charge is 0.310 e. The second-order valence-electron chi connectivity index (χ2n) is 5.10. The second-order valence-corrected chi connectivity index (χ2v) is 6.17. The van der Waals surface area contributed by atoms with Crippen molar-refractivity contribution in [2.24, 2.45) is 0 Å². The maximum absolute atomic E-state index is 11.9. The van der Waals surface area contributed by atoms with E-state index < -0.39 is 0 Å². The monoisotopic (exact) mass is 299 g/mol. The van der Waals surface area contributed by atoms with Crippen LogP contribution >= 0.6 is 11.8 Å². The largest absolute Gasteiger partial charge is 0.465 e. The van der Waals surface area contributed by atoms with Crippen molar-refractivity contribution in [3.63, 3.8) is 0 Å². The molecule has 0 bridgehead atoms. The Morgan fingerprint density at radius 3 is 2.81 bits per heavy atom. The van der Waals surface area contributed by atoms with Gasteiger partial charge >= 0.3 is 5.97 Å². The average Bonchev–Trinajstić information content (AvgIpc) is 2.91. The third kappa shape index (κ3) is 3.22. The molecule has 108 valence electrons. The molecule has 0 saturated carbocycles. The van der Waals surface area contributed by atoms with Crippen molar-refractivity contribution in [1.82, 2.24) is 0 Å². The molecule has 1 unspecified atom stereocenters. The number of carbonyl (C=O) groups excluding carboxylic acids is 1. The lowest BCUT2D eigenvalue weighted by Crippen LogP contribution is -2.15. The lowest BCUT2D eigenvalue weighted by atomic mass is 10.0. The van der Waals surface area contributed by atoms with Crippen molar-refractivity contribution >= 4 is 23.4 Å². The molecule has 1 aliphatic heterocycles. The number of hydrogen-bond acceptors (Lipinski definition) is 4. The standard InChI is InChI=1S/C17H17NO2S/c18-15-7-3-1-5-12(15)9-17(19)20-10-13-11-21-16-8-4-2-6-14(13)16/h1-8,13H,9-11,18H2. The quantitative estimate of drug-likeness (QED) is 0.695. The first kappa shape index (κ1) is 14.0. The van der Waals surface area contributed by atoms with E-state index in [0.29, 0.717) is 18.2 Å². The molecule has 1 heterocycles. The topological polar surface area (TPSA) is 52.3 Å². The van der Waals surface area contributed by atoms with E-state index in [9.17, 15) is 4.79 Å². The van der Waals surface area contributed by atoms with E-state index in [1.165, 1.54) is 10.5 Å². The second kappa shape index (κ2) is 6.22. The molecule has 0 aromatic heterocycles. The van der Waals surface area contributed by atoms with E-state index >= 15 is 0 Å². The molecule has 1 aliphatic rings. The van der Waals surface area contributed by atoms with Crippen LogP contribution in [0.15, 0.2) is 53.4 Å². The molecule has 2 N–H and O–H groups in total. The van der Waals surface area contributed by atoms with Crippen LogP contribution in [-0.2, 0) is 16.0 Å². The van der Waals surface area contributed by atoms with Crippen molar-refractivity contribution in [2.75, 3.05) is 18.1 Å². The van der Waals surface area contributed by atoms with Gasteiger partial charge in [0.15, 0.2) is 0 Å². The molecule has 0 radical (unpaired) electrons. The number of anilines is 1. The van der Waals surface area contributed by atoms with Gasteiger partial charge in [0.1, 0.15) is 0 Å². The van der Waals surface area contributed by atoms with Gasteiger partial charge in [0.05, 0.1) is 13.0 Å². The Kier molecular flexibility index (Phi) is 4.15. The van der Waals surface area contributed by atoms with E-state index in [1.807, 2.05) is 42.1 Å². The van der Waals surface area contributed by atoms with Gasteiger partial charge < -0.3 is 10.5 Å². The van der Waals surface area contributed by atoms with Crippen LogP contribution in [0.3, 0.4) is 0 Å². The summed E-state index contributed by atoms with van der Waals surface area (Å²) >= 11 is 1.82. The fourth-order valence-corrected chi connectivity index (χ4v) is 3.70. The Labute approximate surface area is 128 Å². The van der Waals surface area contributed by atoms with Gasteiger partial charge in [0.25, 0.3) is 0 Å². The normalized spacial score (nSPS) is 16.5. The lowest BCUT2D eigenvalue weighted by molar-refractivity contribution is -0.143. The minimum atomic E-state index is -0.220. The number of esters is 1. The number of carbonyl (C=O) groups is 1. The van der Waals surface area contributed by atoms with Crippen LogP contribution < -0.4 is 5.73 Å². The summed E-state index contributed by atoms with van der Waals surface area (Å²) in [5.74, 6) is 1.05. The van der Waals surface area contributed by atoms with Crippen molar-refractivity contribution in [3.05, 3.63) is 59.7 Å².